The molecule has 0 aliphatic rings. The van der Waals surface area contributed by atoms with Crippen molar-refractivity contribution < 1.29 is 13.2 Å². The van der Waals surface area contributed by atoms with E-state index in [9.17, 15) is 13.2 Å². The van der Waals surface area contributed by atoms with Crippen molar-refractivity contribution in [3.8, 4) is 0 Å². The lowest BCUT2D eigenvalue weighted by molar-refractivity contribution is -0.0328. The van der Waals surface area contributed by atoms with E-state index in [4.69, 9.17) is 0 Å². The molecule has 1 nitrogen and oxygen atoms in total. The average Bonchev–Trinajstić information content (AvgIpc) is 2.94. The summed E-state index contributed by atoms with van der Waals surface area (Å²) < 4.78 is 36.8. The standard InChI is InChI=1S/C15H16F3NS2/c1-2-13(14-4-3-9-20-14)19-10-11-5-7-12(8-6-11)21-15(16,17)18/h3-9,13,19H,2,10H2,1H3. The zero-order valence-electron chi connectivity index (χ0n) is 11.5. The highest BCUT2D eigenvalue weighted by Crippen LogP contribution is 2.36. The number of thiophene rings is 1. The number of nitrogens with one attached hydrogen (secondary N) is 1. The minimum absolute atomic E-state index is 0.0824. The van der Waals surface area contributed by atoms with E-state index in [1.54, 1.807) is 23.5 Å². The molecule has 0 bridgehead atoms. The number of thioether (sulfide) groups is 1. The maximum Gasteiger partial charge on any atom is 0.446 e. The normalized spacial score (nSPS) is 13.3. The van der Waals surface area contributed by atoms with Crippen LogP contribution in [0.15, 0.2) is 46.7 Å². The summed E-state index contributed by atoms with van der Waals surface area (Å²) in [4.78, 5) is 1.50. The topological polar surface area (TPSA) is 12.0 Å². The lowest BCUT2D eigenvalue weighted by Crippen LogP contribution is -2.19. The van der Waals surface area contributed by atoms with Crippen LogP contribution in [0.25, 0.3) is 0 Å². The van der Waals surface area contributed by atoms with Gasteiger partial charge in [-0.05, 0) is 47.3 Å². The number of hydrogen-bond acceptors (Lipinski definition) is 3. The molecule has 0 aliphatic carbocycles. The molecule has 1 heterocycles. The monoisotopic (exact) mass is 331 g/mol. The molecule has 0 spiro atoms. The third kappa shape index (κ3) is 5.37. The van der Waals surface area contributed by atoms with Crippen molar-refractivity contribution in [2.75, 3.05) is 0 Å². The Morgan fingerprint density at radius 1 is 1.19 bits per heavy atom. The first-order chi connectivity index (χ1) is 9.98. The highest BCUT2D eigenvalue weighted by Gasteiger charge is 2.28. The Balaban J connectivity index is 1.91. The van der Waals surface area contributed by atoms with Gasteiger partial charge in [0.25, 0.3) is 0 Å². The molecule has 0 aliphatic heterocycles. The first-order valence-electron chi connectivity index (χ1n) is 6.59. The molecule has 6 heteroatoms. The second-order valence-electron chi connectivity index (χ2n) is 4.55. The van der Waals surface area contributed by atoms with Crippen LogP contribution in [-0.2, 0) is 6.54 Å². The molecule has 1 unspecified atom stereocenters. The predicted molar refractivity (Wildman–Crippen MR) is 82.5 cm³/mol. The molecule has 1 aromatic carbocycles. The largest absolute Gasteiger partial charge is 0.446 e. The van der Waals surface area contributed by atoms with Crippen LogP contribution in [0.4, 0.5) is 13.2 Å². The van der Waals surface area contributed by atoms with Gasteiger partial charge in [0.15, 0.2) is 0 Å². The van der Waals surface area contributed by atoms with Gasteiger partial charge in [-0.2, -0.15) is 13.2 Å². The number of rotatable bonds is 6. The second-order valence-corrected chi connectivity index (χ2v) is 6.67. The van der Waals surface area contributed by atoms with Crippen molar-refractivity contribution in [2.24, 2.45) is 0 Å². The van der Waals surface area contributed by atoms with Gasteiger partial charge < -0.3 is 5.32 Å². The van der Waals surface area contributed by atoms with E-state index >= 15 is 0 Å². The smallest absolute Gasteiger partial charge is 0.305 e. The van der Waals surface area contributed by atoms with Crippen LogP contribution in [0.2, 0.25) is 0 Å². The van der Waals surface area contributed by atoms with E-state index in [2.05, 4.69) is 18.3 Å². The lowest BCUT2D eigenvalue weighted by Gasteiger charge is -2.15. The highest BCUT2D eigenvalue weighted by molar-refractivity contribution is 8.00. The number of alkyl halides is 3. The van der Waals surface area contributed by atoms with Crippen molar-refractivity contribution in [3.63, 3.8) is 0 Å². The predicted octanol–water partition coefficient (Wildman–Crippen LogP) is 5.60. The van der Waals surface area contributed by atoms with Crippen LogP contribution in [-0.4, -0.2) is 5.51 Å². The highest BCUT2D eigenvalue weighted by atomic mass is 32.2. The zero-order valence-corrected chi connectivity index (χ0v) is 13.1. The first kappa shape index (κ1) is 16.4. The summed E-state index contributed by atoms with van der Waals surface area (Å²) in [7, 11) is 0. The van der Waals surface area contributed by atoms with Crippen LogP contribution in [0.3, 0.4) is 0 Å². The van der Waals surface area contributed by atoms with E-state index in [1.165, 1.54) is 17.0 Å². The molecule has 2 rings (SSSR count). The van der Waals surface area contributed by atoms with Crippen molar-refractivity contribution in [1.29, 1.82) is 0 Å². The van der Waals surface area contributed by atoms with Crippen LogP contribution in [0.1, 0.15) is 29.8 Å². The van der Waals surface area contributed by atoms with Crippen molar-refractivity contribution in [3.05, 3.63) is 52.2 Å². The molecule has 0 amide bonds. The van der Waals surface area contributed by atoms with E-state index in [1.807, 2.05) is 11.4 Å². The molecule has 0 saturated carbocycles. The summed E-state index contributed by atoms with van der Waals surface area (Å²) in [6.07, 6.45) is 0.975. The lowest BCUT2D eigenvalue weighted by atomic mass is 10.1. The molecule has 21 heavy (non-hydrogen) atoms. The molecule has 0 radical (unpaired) electrons. The van der Waals surface area contributed by atoms with Crippen molar-refractivity contribution >= 4 is 23.1 Å². The van der Waals surface area contributed by atoms with Gasteiger partial charge in [0.05, 0.1) is 0 Å². The fraction of sp³-hybridized carbons (Fsp3) is 0.333. The van der Waals surface area contributed by atoms with Gasteiger partial charge in [0, 0.05) is 22.4 Å². The van der Waals surface area contributed by atoms with Gasteiger partial charge in [0.2, 0.25) is 0 Å². The summed E-state index contributed by atoms with van der Waals surface area (Å²) in [5, 5.41) is 5.48. The summed E-state index contributed by atoms with van der Waals surface area (Å²) in [5.41, 5.74) is -3.25. The Labute approximate surface area is 130 Å². The van der Waals surface area contributed by atoms with Crippen molar-refractivity contribution in [2.45, 2.75) is 36.3 Å². The minimum atomic E-state index is -4.23. The molecule has 1 aromatic heterocycles. The maximum absolute atomic E-state index is 12.3. The van der Waals surface area contributed by atoms with Gasteiger partial charge in [-0.15, -0.1) is 11.3 Å². The molecular formula is C15H16F3NS2. The number of hydrogen-bond donors (Lipinski definition) is 1. The number of benzene rings is 1. The van der Waals surface area contributed by atoms with Gasteiger partial charge in [-0.3, -0.25) is 0 Å². The summed E-state index contributed by atoms with van der Waals surface area (Å²) in [5.74, 6) is 0. The Hall–Kier alpha value is -0.980. The van der Waals surface area contributed by atoms with E-state index < -0.39 is 5.51 Å². The van der Waals surface area contributed by atoms with Crippen LogP contribution >= 0.6 is 23.1 Å². The molecular weight excluding hydrogens is 315 g/mol. The maximum atomic E-state index is 12.3. The Bertz CT molecular complexity index is 535. The first-order valence-corrected chi connectivity index (χ1v) is 8.29. The Morgan fingerprint density at radius 2 is 1.90 bits per heavy atom. The summed E-state index contributed by atoms with van der Waals surface area (Å²) in [6, 6.07) is 10.9. The van der Waals surface area contributed by atoms with Gasteiger partial charge >= 0.3 is 5.51 Å². The van der Waals surface area contributed by atoms with E-state index in [0.29, 0.717) is 6.54 Å². The SMILES string of the molecule is CCC(NCc1ccc(SC(F)(F)F)cc1)c1cccs1. The minimum Gasteiger partial charge on any atom is -0.305 e. The molecule has 2 aromatic rings. The third-order valence-corrected chi connectivity index (χ3v) is 4.73. The van der Waals surface area contributed by atoms with Gasteiger partial charge in [-0.1, -0.05) is 25.1 Å². The number of halogens is 3. The van der Waals surface area contributed by atoms with Gasteiger partial charge in [-0.25, -0.2) is 0 Å². The second kappa shape index (κ2) is 7.33. The third-order valence-electron chi connectivity index (χ3n) is 3.00. The molecule has 1 atom stereocenters. The van der Waals surface area contributed by atoms with Crippen molar-refractivity contribution in [1.82, 2.24) is 5.32 Å². The summed E-state index contributed by atoms with van der Waals surface area (Å²) >= 11 is 1.63. The van der Waals surface area contributed by atoms with E-state index in [0.717, 1.165) is 12.0 Å². The quantitative estimate of drug-likeness (QED) is 0.691. The van der Waals surface area contributed by atoms with Crippen LogP contribution in [0.5, 0.6) is 0 Å². The summed E-state index contributed by atoms with van der Waals surface area (Å²) in [6.45, 7) is 2.76. The molecule has 0 saturated heterocycles. The fourth-order valence-corrected chi connectivity index (χ4v) is 3.41. The molecule has 114 valence electrons. The Kier molecular flexibility index (Phi) is 5.72. The van der Waals surface area contributed by atoms with Crippen LogP contribution in [0, 0.1) is 0 Å². The molecule has 0 fully saturated rings. The fourth-order valence-electron chi connectivity index (χ4n) is 1.99. The van der Waals surface area contributed by atoms with Crippen LogP contribution < -0.4 is 5.32 Å². The average molecular weight is 331 g/mol. The van der Waals surface area contributed by atoms with E-state index in [-0.39, 0.29) is 22.7 Å². The zero-order chi connectivity index (χ0) is 15.3. The molecule has 1 N–H and O–H groups in total. The van der Waals surface area contributed by atoms with Gasteiger partial charge in [0.1, 0.15) is 0 Å². The Morgan fingerprint density at radius 3 is 2.43 bits per heavy atom.